The highest BCUT2D eigenvalue weighted by Crippen LogP contribution is 2.10. The first-order valence-corrected chi connectivity index (χ1v) is 11.0. The van der Waals surface area contributed by atoms with Gasteiger partial charge in [0, 0.05) is 64.6 Å². The molecule has 0 radical (unpaired) electrons. The summed E-state index contributed by atoms with van der Waals surface area (Å²) in [4.78, 5) is 29.5. The molecule has 2 heterocycles. The van der Waals surface area contributed by atoms with Gasteiger partial charge in [-0.1, -0.05) is 30.3 Å². The number of aryl methyl sites for hydroxylation is 1. The smallest absolute Gasteiger partial charge is 0.225 e. The molecule has 0 bridgehead atoms. The number of anilines is 1. The predicted octanol–water partition coefficient (Wildman–Crippen LogP) is 2.32. The average molecular weight is 551 g/mol. The third kappa shape index (κ3) is 8.25. The fraction of sp³-hybridized carbons (Fsp3) is 0.478. The lowest BCUT2D eigenvalue weighted by molar-refractivity contribution is -0.131. The van der Waals surface area contributed by atoms with E-state index in [9.17, 15) is 4.79 Å². The van der Waals surface area contributed by atoms with E-state index < -0.39 is 0 Å². The zero-order valence-corrected chi connectivity index (χ0v) is 21.2. The van der Waals surface area contributed by atoms with Crippen LogP contribution in [0.5, 0.6) is 0 Å². The normalized spacial score (nSPS) is 15.0. The third-order valence-electron chi connectivity index (χ3n) is 5.41. The van der Waals surface area contributed by atoms with Gasteiger partial charge in [0.2, 0.25) is 11.9 Å². The number of hydrogen-bond donors (Lipinski definition) is 2. The maximum Gasteiger partial charge on any atom is 0.225 e. The van der Waals surface area contributed by atoms with E-state index in [4.69, 9.17) is 0 Å². The molecule has 9 heteroatoms. The largest absolute Gasteiger partial charge is 0.356 e. The fourth-order valence-electron chi connectivity index (χ4n) is 3.58. The number of carbonyl (C=O) groups excluding carboxylic acids is 1. The molecule has 1 fully saturated rings. The summed E-state index contributed by atoms with van der Waals surface area (Å²) < 4.78 is 0. The maximum atomic E-state index is 12.6. The van der Waals surface area contributed by atoms with Crippen LogP contribution in [-0.2, 0) is 11.2 Å². The minimum absolute atomic E-state index is 0. The van der Waals surface area contributed by atoms with Gasteiger partial charge in [0.15, 0.2) is 5.96 Å². The summed E-state index contributed by atoms with van der Waals surface area (Å²) in [6.45, 7) is 5.61. The van der Waals surface area contributed by atoms with E-state index in [1.54, 1.807) is 19.4 Å². The predicted molar refractivity (Wildman–Crippen MR) is 140 cm³/mol. The van der Waals surface area contributed by atoms with Gasteiger partial charge in [0.25, 0.3) is 0 Å². The summed E-state index contributed by atoms with van der Waals surface area (Å²) in [5, 5.41) is 6.67. The number of aromatic nitrogens is 2. The average Bonchev–Trinajstić information content (AvgIpc) is 2.83. The summed E-state index contributed by atoms with van der Waals surface area (Å²) >= 11 is 0. The minimum Gasteiger partial charge on any atom is -0.356 e. The van der Waals surface area contributed by atoms with Gasteiger partial charge in [-0.25, -0.2) is 9.97 Å². The van der Waals surface area contributed by atoms with Gasteiger partial charge in [0.05, 0.1) is 0 Å². The summed E-state index contributed by atoms with van der Waals surface area (Å²) in [6.07, 6.45) is 5.97. The van der Waals surface area contributed by atoms with E-state index in [2.05, 4.69) is 61.7 Å². The molecule has 1 unspecified atom stereocenters. The standard InChI is InChI=1S/C23H33N7O.HI/c1-19(9-10-20-7-4-3-5-8-20)28-22(24-2)25-14-11-21(31)29-15-17-30(18-16-29)23-26-12-6-13-27-23;/h3-8,12-13,19H,9-11,14-18H2,1-2H3,(H2,24,25,28);1H. The number of aliphatic imine (C=N–C) groups is 1. The number of guanidine groups is 1. The molecule has 1 saturated heterocycles. The van der Waals surface area contributed by atoms with E-state index >= 15 is 0 Å². The van der Waals surface area contributed by atoms with E-state index in [1.807, 2.05) is 17.0 Å². The first-order chi connectivity index (χ1) is 15.2. The quantitative estimate of drug-likeness (QED) is 0.298. The van der Waals surface area contributed by atoms with E-state index in [0.29, 0.717) is 26.1 Å². The molecule has 0 aliphatic carbocycles. The Balaban J connectivity index is 0.00000363. The minimum atomic E-state index is 0. The van der Waals surface area contributed by atoms with Crippen LogP contribution in [0.1, 0.15) is 25.3 Å². The molecule has 1 aromatic carbocycles. The van der Waals surface area contributed by atoms with Crippen molar-refractivity contribution in [3.8, 4) is 0 Å². The fourth-order valence-corrected chi connectivity index (χ4v) is 3.58. The second-order valence-electron chi connectivity index (χ2n) is 7.74. The topological polar surface area (TPSA) is 85.8 Å². The molecular formula is C23H34IN7O. The zero-order valence-electron chi connectivity index (χ0n) is 18.9. The first kappa shape index (κ1) is 25.8. The van der Waals surface area contributed by atoms with Gasteiger partial charge < -0.3 is 20.4 Å². The highest BCUT2D eigenvalue weighted by Gasteiger charge is 2.22. The number of benzene rings is 1. The monoisotopic (exact) mass is 551 g/mol. The molecule has 1 aliphatic rings. The molecule has 8 nitrogen and oxygen atoms in total. The van der Waals surface area contributed by atoms with E-state index in [-0.39, 0.29) is 35.9 Å². The van der Waals surface area contributed by atoms with Crippen LogP contribution in [0.3, 0.4) is 0 Å². The third-order valence-corrected chi connectivity index (χ3v) is 5.41. The van der Waals surface area contributed by atoms with E-state index in [0.717, 1.165) is 37.8 Å². The van der Waals surface area contributed by atoms with Crippen LogP contribution >= 0.6 is 24.0 Å². The van der Waals surface area contributed by atoms with Crippen molar-refractivity contribution in [2.45, 2.75) is 32.2 Å². The zero-order chi connectivity index (χ0) is 21.9. The number of rotatable bonds is 8. The molecular weight excluding hydrogens is 517 g/mol. The van der Waals surface area contributed by atoms with Crippen molar-refractivity contribution in [3.05, 3.63) is 54.4 Å². The Bertz CT molecular complexity index is 827. The Kier molecular flexibility index (Phi) is 11.2. The molecule has 0 spiro atoms. The lowest BCUT2D eigenvalue weighted by Crippen LogP contribution is -2.50. The summed E-state index contributed by atoms with van der Waals surface area (Å²) in [5.74, 6) is 1.63. The highest BCUT2D eigenvalue weighted by atomic mass is 127. The lowest BCUT2D eigenvalue weighted by atomic mass is 10.1. The number of piperazine rings is 1. The van der Waals surface area contributed by atoms with E-state index in [1.165, 1.54) is 5.56 Å². The van der Waals surface area contributed by atoms with Gasteiger partial charge >= 0.3 is 0 Å². The van der Waals surface area contributed by atoms with Gasteiger partial charge in [-0.3, -0.25) is 9.79 Å². The second-order valence-corrected chi connectivity index (χ2v) is 7.74. The van der Waals surface area contributed by atoms with Crippen molar-refractivity contribution in [1.82, 2.24) is 25.5 Å². The van der Waals surface area contributed by atoms with Crippen molar-refractivity contribution in [1.29, 1.82) is 0 Å². The number of amides is 1. The molecule has 2 aromatic rings. The molecule has 1 aromatic heterocycles. The van der Waals surface area contributed by atoms with Gasteiger partial charge in [0.1, 0.15) is 0 Å². The number of nitrogens with one attached hydrogen (secondary N) is 2. The molecule has 2 N–H and O–H groups in total. The SMILES string of the molecule is CN=C(NCCC(=O)N1CCN(c2ncccn2)CC1)NC(C)CCc1ccccc1.I. The Morgan fingerprint density at radius 3 is 2.44 bits per heavy atom. The molecule has 1 atom stereocenters. The molecule has 32 heavy (non-hydrogen) atoms. The van der Waals surface area contributed by atoms with Crippen LogP contribution in [0.2, 0.25) is 0 Å². The van der Waals surface area contributed by atoms with Crippen molar-refractivity contribution >= 4 is 41.8 Å². The van der Waals surface area contributed by atoms with Crippen molar-refractivity contribution in [3.63, 3.8) is 0 Å². The molecule has 3 rings (SSSR count). The van der Waals surface area contributed by atoms with Crippen molar-refractivity contribution in [2.24, 2.45) is 4.99 Å². The van der Waals surface area contributed by atoms with Gasteiger partial charge in [-0.2, -0.15) is 0 Å². The van der Waals surface area contributed by atoms with Crippen LogP contribution in [0.4, 0.5) is 5.95 Å². The summed E-state index contributed by atoms with van der Waals surface area (Å²) in [6, 6.07) is 12.6. The van der Waals surface area contributed by atoms with Crippen molar-refractivity contribution < 1.29 is 4.79 Å². The Labute approximate surface area is 207 Å². The molecule has 0 saturated carbocycles. The molecule has 1 amide bonds. The maximum absolute atomic E-state index is 12.6. The number of halogens is 1. The van der Waals surface area contributed by atoms with Gasteiger partial charge in [-0.15, -0.1) is 24.0 Å². The number of carbonyl (C=O) groups is 1. The number of hydrogen-bond acceptors (Lipinski definition) is 5. The van der Waals surface area contributed by atoms with Crippen LogP contribution in [-0.4, -0.2) is 72.5 Å². The first-order valence-electron chi connectivity index (χ1n) is 11.0. The Morgan fingerprint density at radius 1 is 1.09 bits per heavy atom. The molecule has 1 aliphatic heterocycles. The van der Waals surface area contributed by atoms with Crippen LogP contribution in [0.15, 0.2) is 53.8 Å². The summed E-state index contributed by atoms with van der Waals surface area (Å²) in [7, 11) is 1.76. The van der Waals surface area contributed by atoms with Crippen molar-refractivity contribution in [2.75, 3.05) is 44.7 Å². The Hall–Kier alpha value is -2.43. The van der Waals surface area contributed by atoms with Crippen LogP contribution in [0, 0.1) is 0 Å². The lowest BCUT2D eigenvalue weighted by Gasteiger charge is -2.34. The van der Waals surface area contributed by atoms with Crippen LogP contribution < -0.4 is 15.5 Å². The van der Waals surface area contributed by atoms with Gasteiger partial charge in [-0.05, 0) is 31.4 Å². The highest BCUT2D eigenvalue weighted by molar-refractivity contribution is 14.0. The number of nitrogens with zero attached hydrogens (tertiary/aromatic N) is 5. The van der Waals surface area contributed by atoms with Crippen LogP contribution in [0.25, 0.3) is 0 Å². The second kappa shape index (κ2) is 13.9. The Morgan fingerprint density at radius 2 is 1.78 bits per heavy atom. The summed E-state index contributed by atoms with van der Waals surface area (Å²) in [5.41, 5.74) is 1.34. The molecule has 174 valence electrons.